The summed E-state index contributed by atoms with van der Waals surface area (Å²) in [6, 6.07) is 8.85. The lowest BCUT2D eigenvalue weighted by Gasteiger charge is -2.14. The van der Waals surface area contributed by atoms with Gasteiger partial charge in [0.2, 0.25) is 0 Å². The molecule has 0 heterocycles. The van der Waals surface area contributed by atoms with Crippen LogP contribution in [0.15, 0.2) is 36.4 Å². The molecular weight excluding hydrogens is 257 g/mol. The summed E-state index contributed by atoms with van der Waals surface area (Å²) in [4.78, 5) is 11.9. The Labute approximate surface area is 116 Å². The molecule has 0 saturated heterocycles. The molecule has 0 aliphatic carbocycles. The molecule has 4 N–H and O–H groups in total. The number of anilines is 3. The van der Waals surface area contributed by atoms with E-state index in [1.165, 1.54) is 18.2 Å². The first-order chi connectivity index (χ1) is 9.47. The van der Waals surface area contributed by atoms with Crippen LogP contribution in [-0.2, 0) is 0 Å². The highest BCUT2D eigenvalue weighted by Crippen LogP contribution is 2.26. The van der Waals surface area contributed by atoms with E-state index >= 15 is 0 Å². The molecule has 0 saturated carbocycles. The van der Waals surface area contributed by atoms with Crippen molar-refractivity contribution < 1.29 is 9.18 Å². The molecule has 0 bridgehead atoms. The quantitative estimate of drug-likeness (QED) is 0.731. The summed E-state index contributed by atoms with van der Waals surface area (Å²) in [5.41, 5.74) is 9.22. The zero-order chi connectivity index (χ0) is 14.7. The lowest BCUT2D eigenvalue weighted by molar-refractivity contribution is 0.262. The number of halogens is 1. The number of nitrogen functional groups attached to an aromatic ring is 1. The van der Waals surface area contributed by atoms with E-state index in [1.807, 2.05) is 19.9 Å². The molecule has 2 aromatic carbocycles. The van der Waals surface area contributed by atoms with Gasteiger partial charge in [-0.05, 0) is 49.2 Å². The van der Waals surface area contributed by atoms with Crippen LogP contribution in [0.3, 0.4) is 0 Å². The van der Waals surface area contributed by atoms with Crippen LogP contribution in [0.25, 0.3) is 0 Å². The van der Waals surface area contributed by atoms with E-state index in [1.54, 1.807) is 12.1 Å². The molecule has 0 aliphatic rings. The van der Waals surface area contributed by atoms with Crippen molar-refractivity contribution in [3.63, 3.8) is 0 Å². The van der Waals surface area contributed by atoms with Crippen LogP contribution in [-0.4, -0.2) is 6.03 Å². The molecule has 20 heavy (non-hydrogen) atoms. The Bertz CT molecular complexity index is 656. The van der Waals surface area contributed by atoms with Gasteiger partial charge in [0.05, 0.1) is 11.4 Å². The Morgan fingerprint density at radius 2 is 1.90 bits per heavy atom. The van der Waals surface area contributed by atoms with Crippen molar-refractivity contribution >= 4 is 23.1 Å². The van der Waals surface area contributed by atoms with Gasteiger partial charge in [0.15, 0.2) is 0 Å². The zero-order valence-corrected chi connectivity index (χ0v) is 11.3. The predicted molar refractivity (Wildman–Crippen MR) is 79.4 cm³/mol. The van der Waals surface area contributed by atoms with Crippen LogP contribution in [0, 0.1) is 19.7 Å². The van der Waals surface area contributed by atoms with E-state index in [2.05, 4.69) is 10.6 Å². The van der Waals surface area contributed by atoms with Gasteiger partial charge in [0, 0.05) is 5.69 Å². The Morgan fingerprint density at radius 3 is 2.60 bits per heavy atom. The third kappa shape index (κ3) is 3.06. The average molecular weight is 273 g/mol. The summed E-state index contributed by atoms with van der Waals surface area (Å²) in [5, 5.41) is 5.25. The topological polar surface area (TPSA) is 67.1 Å². The van der Waals surface area contributed by atoms with E-state index in [4.69, 9.17) is 5.73 Å². The summed E-state index contributed by atoms with van der Waals surface area (Å²) >= 11 is 0. The molecule has 0 spiro atoms. The highest BCUT2D eigenvalue weighted by molar-refractivity contribution is 6.02. The molecule has 0 unspecified atom stereocenters. The first-order valence-electron chi connectivity index (χ1n) is 6.16. The number of nitrogens with two attached hydrogens (primary N) is 1. The molecule has 0 aromatic heterocycles. The maximum atomic E-state index is 13.0. The minimum absolute atomic E-state index is 0.381. The maximum absolute atomic E-state index is 13.0. The van der Waals surface area contributed by atoms with Crippen LogP contribution in [0.4, 0.5) is 26.2 Å². The second kappa shape index (κ2) is 5.61. The third-order valence-electron chi connectivity index (χ3n) is 3.09. The molecule has 0 radical (unpaired) electrons. The summed E-state index contributed by atoms with van der Waals surface area (Å²) in [6.07, 6.45) is 0. The van der Waals surface area contributed by atoms with Crippen molar-refractivity contribution in [3.8, 4) is 0 Å². The Morgan fingerprint density at radius 1 is 1.15 bits per heavy atom. The fraction of sp³-hybridized carbons (Fsp3) is 0.133. The van der Waals surface area contributed by atoms with Gasteiger partial charge in [0.1, 0.15) is 5.82 Å². The SMILES string of the molecule is Cc1ccc(N)c(NC(=O)Nc2cccc(F)c2)c1C. The summed E-state index contributed by atoms with van der Waals surface area (Å²) in [7, 11) is 0. The number of hydrogen-bond acceptors (Lipinski definition) is 2. The number of carbonyl (C=O) groups excluding carboxylic acids is 1. The van der Waals surface area contributed by atoms with E-state index in [9.17, 15) is 9.18 Å². The van der Waals surface area contributed by atoms with Crippen LogP contribution in [0.2, 0.25) is 0 Å². The monoisotopic (exact) mass is 273 g/mol. The van der Waals surface area contributed by atoms with Crippen LogP contribution in [0.5, 0.6) is 0 Å². The van der Waals surface area contributed by atoms with E-state index in [-0.39, 0.29) is 0 Å². The van der Waals surface area contributed by atoms with Crippen LogP contribution >= 0.6 is 0 Å². The number of benzene rings is 2. The fourth-order valence-electron chi connectivity index (χ4n) is 1.84. The lowest BCUT2D eigenvalue weighted by atomic mass is 10.1. The number of rotatable bonds is 2. The lowest BCUT2D eigenvalue weighted by Crippen LogP contribution is -2.21. The number of hydrogen-bond donors (Lipinski definition) is 3. The molecule has 0 atom stereocenters. The van der Waals surface area contributed by atoms with Crippen molar-refractivity contribution in [1.82, 2.24) is 0 Å². The number of carbonyl (C=O) groups is 1. The molecule has 2 rings (SSSR count). The van der Waals surface area contributed by atoms with Crippen LogP contribution < -0.4 is 16.4 Å². The first-order valence-corrected chi connectivity index (χ1v) is 6.16. The van der Waals surface area contributed by atoms with E-state index in [0.29, 0.717) is 17.1 Å². The highest BCUT2D eigenvalue weighted by Gasteiger charge is 2.10. The van der Waals surface area contributed by atoms with E-state index < -0.39 is 11.8 Å². The summed E-state index contributed by atoms with van der Waals surface area (Å²) < 4.78 is 13.0. The van der Waals surface area contributed by atoms with Crippen molar-refractivity contribution in [3.05, 3.63) is 53.3 Å². The van der Waals surface area contributed by atoms with Gasteiger partial charge in [0.25, 0.3) is 0 Å². The van der Waals surface area contributed by atoms with Crippen molar-refractivity contribution in [2.75, 3.05) is 16.4 Å². The van der Waals surface area contributed by atoms with Gasteiger partial charge in [-0.2, -0.15) is 0 Å². The number of aryl methyl sites for hydroxylation is 1. The minimum Gasteiger partial charge on any atom is -0.397 e. The number of urea groups is 1. The summed E-state index contributed by atoms with van der Waals surface area (Å²) in [6.45, 7) is 3.81. The molecule has 0 aliphatic heterocycles. The van der Waals surface area contributed by atoms with Gasteiger partial charge < -0.3 is 16.4 Å². The average Bonchev–Trinajstić information content (AvgIpc) is 2.39. The third-order valence-corrected chi connectivity index (χ3v) is 3.09. The Balaban J connectivity index is 2.15. The van der Waals surface area contributed by atoms with Crippen LogP contribution in [0.1, 0.15) is 11.1 Å². The van der Waals surface area contributed by atoms with Crippen molar-refractivity contribution in [2.45, 2.75) is 13.8 Å². The van der Waals surface area contributed by atoms with Gasteiger partial charge in [-0.3, -0.25) is 0 Å². The predicted octanol–water partition coefficient (Wildman–Crippen LogP) is 3.67. The Hall–Kier alpha value is -2.56. The van der Waals surface area contributed by atoms with Gasteiger partial charge in [-0.15, -0.1) is 0 Å². The first kappa shape index (κ1) is 13.9. The van der Waals surface area contributed by atoms with Gasteiger partial charge >= 0.3 is 6.03 Å². The summed E-state index contributed by atoms with van der Waals surface area (Å²) in [5.74, 6) is -0.408. The van der Waals surface area contributed by atoms with Crippen molar-refractivity contribution in [1.29, 1.82) is 0 Å². The normalized spacial score (nSPS) is 10.2. The van der Waals surface area contributed by atoms with Crippen molar-refractivity contribution in [2.24, 2.45) is 0 Å². The molecular formula is C15H16FN3O. The second-order valence-corrected chi connectivity index (χ2v) is 4.56. The zero-order valence-electron chi connectivity index (χ0n) is 11.3. The molecule has 2 aromatic rings. The molecule has 5 heteroatoms. The molecule has 0 fully saturated rings. The Kier molecular flexibility index (Phi) is 3.89. The number of amides is 2. The smallest absolute Gasteiger partial charge is 0.323 e. The standard InChI is InChI=1S/C15H16FN3O/c1-9-6-7-13(17)14(10(9)2)19-15(20)18-12-5-3-4-11(16)8-12/h3-8H,17H2,1-2H3,(H2,18,19,20). The minimum atomic E-state index is -0.462. The highest BCUT2D eigenvalue weighted by atomic mass is 19.1. The van der Waals surface area contributed by atoms with E-state index in [0.717, 1.165) is 11.1 Å². The maximum Gasteiger partial charge on any atom is 0.323 e. The largest absolute Gasteiger partial charge is 0.397 e. The second-order valence-electron chi connectivity index (χ2n) is 4.56. The van der Waals surface area contributed by atoms with Gasteiger partial charge in [-0.25, -0.2) is 9.18 Å². The number of nitrogens with one attached hydrogen (secondary N) is 2. The molecule has 2 amide bonds. The fourth-order valence-corrected chi connectivity index (χ4v) is 1.84. The van der Waals surface area contributed by atoms with Gasteiger partial charge in [-0.1, -0.05) is 12.1 Å². The molecule has 104 valence electrons. The molecule has 4 nitrogen and oxygen atoms in total.